The number of hydrogen-bond acceptors (Lipinski definition) is 4. The van der Waals surface area contributed by atoms with E-state index in [4.69, 9.17) is 10.4 Å². The maximum absolute atomic E-state index is 12.1. The number of nitriles is 1. The SMILES string of the molecule is N#Cc1cc(-c2ccc(C(=O)O)s2)ccc1OCC(F)(F)F. The monoisotopic (exact) mass is 327 g/mol. The van der Waals surface area contributed by atoms with Crippen molar-refractivity contribution in [3.63, 3.8) is 0 Å². The number of ether oxygens (including phenoxy) is 1. The third-order valence-corrected chi connectivity index (χ3v) is 3.71. The number of halogens is 3. The highest BCUT2D eigenvalue weighted by Gasteiger charge is 2.28. The van der Waals surface area contributed by atoms with Crippen LogP contribution in [0.4, 0.5) is 13.2 Å². The zero-order valence-electron chi connectivity index (χ0n) is 10.8. The van der Waals surface area contributed by atoms with E-state index < -0.39 is 18.8 Å². The summed E-state index contributed by atoms with van der Waals surface area (Å²) in [6, 6.07) is 8.86. The standard InChI is InChI=1S/C14H8F3NO3S/c15-14(16,17)7-21-10-2-1-8(5-9(10)6-18)11-3-4-12(22-11)13(19)20/h1-5H,7H2,(H,19,20). The van der Waals surface area contributed by atoms with Crippen molar-refractivity contribution in [2.24, 2.45) is 0 Å². The lowest BCUT2D eigenvalue weighted by molar-refractivity contribution is -0.153. The Balaban J connectivity index is 2.28. The molecule has 0 saturated carbocycles. The number of benzene rings is 1. The lowest BCUT2D eigenvalue weighted by Crippen LogP contribution is -2.19. The van der Waals surface area contributed by atoms with E-state index in [0.717, 1.165) is 11.3 Å². The molecule has 0 aliphatic rings. The van der Waals surface area contributed by atoms with Crippen molar-refractivity contribution >= 4 is 17.3 Å². The first kappa shape index (κ1) is 15.9. The summed E-state index contributed by atoms with van der Waals surface area (Å²) < 4.78 is 41.0. The molecule has 1 N–H and O–H groups in total. The molecule has 0 saturated heterocycles. The highest BCUT2D eigenvalue weighted by molar-refractivity contribution is 7.17. The van der Waals surface area contributed by atoms with Crippen LogP contribution in [0.5, 0.6) is 5.75 Å². The molecule has 1 aromatic heterocycles. The van der Waals surface area contributed by atoms with Crippen molar-refractivity contribution in [2.75, 3.05) is 6.61 Å². The Morgan fingerprint density at radius 2 is 2.05 bits per heavy atom. The minimum atomic E-state index is -4.49. The number of hydrogen-bond donors (Lipinski definition) is 1. The Morgan fingerprint density at radius 1 is 1.32 bits per heavy atom. The minimum absolute atomic E-state index is 0.0491. The quantitative estimate of drug-likeness (QED) is 0.924. The summed E-state index contributed by atoms with van der Waals surface area (Å²) in [6.45, 7) is -1.48. The lowest BCUT2D eigenvalue weighted by atomic mass is 10.1. The first-order valence-electron chi connectivity index (χ1n) is 5.87. The number of carboxylic acid groups (broad SMARTS) is 1. The van der Waals surface area contributed by atoms with Crippen LogP contribution in [0.1, 0.15) is 15.2 Å². The van der Waals surface area contributed by atoms with Crippen LogP contribution in [-0.4, -0.2) is 23.9 Å². The van der Waals surface area contributed by atoms with Gasteiger partial charge in [0.1, 0.15) is 16.7 Å². The normalized spacial score (nSPS) is 11.0. The highest BCUT2D eigenvalue weighted by atomic mass is 32.1. The fraction of sp³-hybridized carbons (Fsp3) is 0.143. The third kappa shape index (κ3) is 3.77. The van der Waals surface area contributed by atoms with Gasteiger partial charge < -0.3 is 9.84 Å². The number of nitrogens with zero attached hydrogens (tertiary/aromatic N) is 1. The van der Waals surface area contributed by atoms with E-state index >= 15 is 0 Å². The number of alkyl halides is 3. The topological polar surface area (TPSA) is 70.3 Å². The molecular weight excluding hydrogens is 319 g/mol. The summed E-state index contributed by atoms with van der Waals surface area (Å²) in [4.78, 5) is 11.6. The zero-order valence-corrected chi connectivity index (χ0v) is 11.7. The number of aromatic carboxylic acids is 1. The Morgan fingerprint density at radius 3 is 2.59 bits per heavy atom. The smallest absolute Gasteiger partial charge is 0.422 e. The Kier molecular flexibility index (Phi) is 4.37. The maximum Gasteiger partial charge on any atom is 0.422 e. The van der Waals surface area contributed by atoms with Gasteiger partial charge in [0.15, 0.2) is 6.61 Å². The van der Waals surface area contributed by atoms with Crippen LogP contribution < -0.4 is 4.74 Å². The van der Waals surface area contributed by atoms with Crippen molar-refractivity contribution in [3.8, 4) is 22.3 Å². The number of carboxylic acids is 1. The van der Waals surface area contributed by atoms with Gasteiger partial charge in [0.05, 0.1) is 5.56 Å². The van der Waals surface area contributed by atoms with Crippen molar-refractivity contribution < 1.29 is 27.8 Å². The predicted octanol–water partition coefficient (Wildman–Crippen LogP) is 3.93. The molecule has 0 fully saturated rings. The molecule has 4 nitrogen and oxygen atoms in total. The second-order valence-electron chi connectivity index (χ2n) is 4.20. The molecular formula is C14H8F3NO3S. The number of thiophene rings is 1. The third-order valence-electron chi connectivity index (χ3n) is 2.59. The second kappa shape index (κ2) is 6.07. The Labute approximate surface area is 127 Å². The van der Waals surface area contributed by atoms with E-state index in [2.05, 4.69) is 4.74 Å². The van der Waals surface area contributed by atoms with Gasteiger partial charge in [-0.3, -0.25) is 0 Å². The summed E-state index contributed by atoms with van der Waals surface area (Å²) >= 11 is 1.01. The fourth-order valence-corrected chi connectivity index (χ4v) is 2.51. The van der Waals surface area contributed by atoms with Gasteiger partial charge in [-0.15, -0.1) is 11.3 Å². The minimum Gasteiger partial charge on any atom is -0.483 e. The highest BCUT2D eigenvalue weighted by Crippen LogP contribution is 2.32. The molecule has 2 aromatic rings. The summed E-state index contributed by atoms with van der Waals surface area (Å²) in [5.41, 5.74) is 0.487. The van der Waals surface area contributed by atoms with Gasteiger partial charge in [0.2, 0.25) is 0 Å². The molecule has 0 spiro atoms. The largest absolute Gasteiger partial charge is 0.483 e. The Bertz CT molecular complexity index is 747. The van der Waals surface area contributed by atoms with E-state index in [1.807, 2.05) is 0 Å². The van der Waals surface area contributed by atoms with E-state index in [-0.39, 0.29) is 16.2 Å². The van der Waals surface area contributed by atoms with E-state index in [9.17, 15) is 18.0 Å². The molecule has 0 aliphatic heterocycles. The number of rotatable bonds is 4. The van der Waals surface area contributed by atoms with Crippen molar-refractivity contribution in [1.82, 2.24) is 0 Å². The van der Waals surface area contributed by atoms with Crippen LogP contribution >= 0.6 is 11.3 Å². The first-order chi connectivity index (χ1) is 10.3. The average molecular weight is 327 g/mol. The van der Waals surface area contributed by atoms with Gasteiger partial charge in [0.25, 0.3) is 0 Å². The van der Waals surface area contributed by atoms with Gasteiger partial charge >= 0.3 is 12.1 Å². The molecule has 1 heterocycles. The van der Waals surface area contributed by atoms with E-state index in [1.165, 1.54) is 24.3 Å². The van der Waals surface area contributed by atoms with Gasteiger partial charge in [-0.2, -0.15) is 18.4 Å². The van der Waals surface area contributed by atoms with Crippen LogP contribution in [0, 0.1) is 11.3 Å². The molecule has 2 rings (SSSR count). The van der Waals surface area contributed by atoms with Crippen LogP contribution in [-0.2, 0) is 0 Å². The lowest BCUT2D eigenvalue weighted by Gasteiger charge is -2.11. The Hall–Kier alpha value is -2.53. The molecule has 0 aliphatic carbocycles. The summed E-state index contributed by atoms with van der Waals surface area (Å²) in [5.74, 6) is -1.24. The molecule has 0 amide bonds. The maximum atomic E-state index is 12.1. The fourth-order valence-electron chi connectivity index (χ4n) is 1.66. The number of carbonyl (C=O) groups is 1. The van der Waals surface area contributed by atoms with Crippen molar-refractivity contribution in [3.05, 3.63) is 40.8 Å². The summed E-state index contributed by atoms with van der Waals surface area (Å²) in [7, 11) is 0. The van der Waals surface area contributed by atoms with Crippen molar-refractivity contribution in [1.29, 1.82) is 5.26 Å². The molecule has 0 atom stereocenters. The molecule has 0 unspecified atom stereocenters. The first-order valence-corrected chi connectivity index (χ1v) is 6.69. The second-order valence-corrected chi connectivity index (χ2v) is 5.28. The van der Waals surface area contributed by atoms with Crippen LogP contribution in [0.3, 0.4) is 0 Å². The summed E-state index contributed by atoms with van der Waals surface area (Å²) in [5, 5.41) is 17.9. The molecule has 0 radical (unpaired) electrons. The molecule has 114 valence electrons. The zero-order chi connectivity index (χ0) is 16.3. The molecule has 1 aromatic carbocycles. The van der Waals surface area contributed by atoms with Gasteiger partial charge in [-0.25, -0.2) is 4.79 Å². The molecule has 8 heteroatoms. The van der Waals surface area contributed by atoms with Crippen LogP contribution in [0.25, 0.3) is 10.4 Å². The van der Waals surface area contributed by atoms with Crippen molar-refractivity contribution in [2.45, 2.75) is 6.18 Å². The summed E-state index contributed by atoms with van der Waals surface area (Å²) in [6.07, 6.45) is -4.49. The van der Waals surface area contributed by atoms with Crippen LogP contribution in [0.2, 0.25) is 0 Å². The van der Waals surface area contributed by atoms with E-state index in [0.29, 0.717) is 10.4 Å². The molecule has 22 heavy (non-hydrogen) atoms. The van der Waals surface area contributed by atoms with Gasteiger partial charge in [-0.05, 0) is 35.9 Å². The van der Waals surface area contributed by atoms with Crippen LogP contribution in [0.15, 0.2) is 30.3 Å². The predicted molar refractivity (Wildman–Crippen MR) is 73.0 cm³/mol. The van der Waals surface area contributed by atoms with Gasteiger partial charge in [0, 0.05) is 4.88 Å². The average Bonchev–Trinajstić information content (AvgIpc) is 2.94. The molecule has 0 bridgehead atoms. The van der Waals surface area contributed by atoms with Gasteiger partial charge in [-0.1, -0.05) is 0 Å². The van der Waals surface area contributed by atoms with E-state index in [1.54, 1.807) is 12.1 Å².